The molecule has 0 spiro atoms. The van der Waals surface area contributed by atoms with Gasteiger partial charge in [0, 0.05) is 44.5 Å². The third-order valence-corrected chi connectivity index (χ3v) is 10.9. The van der Waals surface area contributed by atoms with Crippen LogP contribution in [0.4, 0.5) is 17.1 Å². The maximum atomic E-state index is 6.28. The Morgan fingerprint density at radius 3 is 1.72 bits per heavy atom. The molecule has 0 N–H and O–H groups in total. The third-order valence-electron chi connectivity index (χ3n) is 10.9. The van der Waals surface area contributed by atoms with Crippen molar-refractivity contribution >= 4 is 60.9 Å². The van der Waals surface area contributed by atoms with Crippen molar-refractivity contribution in [2.75, 3.05) is 4.90 Å². The summed E-state index contributed by atoms with van der Waals surface area (Å²) in [6, 6.07) is 70.8. The van der Waals surface area contributed by atoms with Gasteiger partial charge in [-0.25, -0.2) is 9.97 Å². The molecular weight excluding hydrogens is 697 g/mol. The molecule has 0 aliphatic carbocycles. The maximum absolute atomic E-state index is 6.28. The van der Waals surface area contributed by atoms with Crippen molar-refractivity contribution in [2.24, 2.45) is 0 Å². The van der Waals surface area contributed by atoms with Gasteiger partial charge < -0.3 is 13.9 Å². The molecule has 268 valence electrons. The van der Waals surface area contributed by atoms with Gasteiger partial charge in [-0.15, -0.1) is 0 Å². The number of hydrogen-bond donors (Lipinski definition) is 0. The van der Waals surface area contributed by atoms with E-state index in [1.807, 2.05) is 24.3 Å². The van der Waals surface area contributed by atoms with Crippen molar-refractivity contribution in [3.63, 3.8) is 0 Å². The zero-order chi connectivity index (χ0) is 37.7. The highest BCUT2D eigenvalue weighted by atomic mass is 16.3. The number of hydrogen-bond acceptors (Lipinski definition) is 4. The highest BCUT2D eigenvalue weighted by Crippen LogP contribution is 2.40. The summed E-state index contributed by atoms with van der Waals surface area (Å²) in [7, 11) is 0. The molecule has 3 heterocycles. The molecule has 3 aromatic heterocycles. The molecular formula is C52H34N4O. The molecule has 0 bridgehead atoms. The minimum Gasteiger partial charge on any atom is -0.452 e. The van der Waals surface area contributed by atoms with E-state index in [0.717, 1.165) is 78.3 Å². The van der Waals surface area contributed by atoms with Gasteiger partial charge in [0.05, 0.1) is 11.0 Å². The average Bonchev–Trinajstić information content (AvgIpc) is 3.83. The number of anilines is 3. The lowest BCUT2D eigenvalue weighted by Crippen LogP contribution is -2.09. The van der Waals surface area contributed by atoms with Crippen molar-refractivity contribution in [3.8, 4) is 39.2 Å². The van der Waals surface area contributed by atoms with Crippen LogP contribution in [0.2, 0.25) is 0 Å². The molecule has 0 unspecified atom stereocenters. The topological polar surface area (TPSA) is 47.1 Å². The van der Waals surface area contributed by atoms with E-state index < -0.39 is 0 Å². The second-order valence-corrected chi connectivity index (χ2v) is 14.3. The van der Waals surface area contributed by atoms with E-state index in [1.165, 1.54) is 16.3 Å². The Morgan fingerprint density at radius 2 is 0.982 bits per heavy atom. The van der Waals surface area contributed by atoms with Crippen molar-refractivity contribution < 1.29 is 4.42 Å². The smallest absolute Gasteiger partial charge is 0.180 e. The highest BCUT2D eigenvalue weighted by Gasteiger charge is 2.18. The van der Waals surface area contributed by atoms with Crippen LogP contribution in [0.1, 0.15) is 0 Å². The van der Waals surface area contributed by atoms with Crippen LogP contribution in [0.15, 0.2) is 211 Å². The minimum absolute atomic E-state index is 0.701. The van der Waals surface area contributed by atoms with E-state index in [4.69, 9.17) is 4.42 Å². The molecule has 5 heteroatoms. The quantitative estimate of drug-likeness (QED) is 0.164. The first-order valence-corrected chi connectivity index (χ1v) is 19.1. The molecule has 0 saturated heterocycles. The second kappa shape index (κ2) is 13.5. The molecule has 0 radical (unpaired) electrons. The van der Waals surface area contributed by atoms with Crippen LogP contribution >= 0.6 is 0 Å². The summed E-state index contributed by atoms with van der Waals surface area (Å²) >= 11 is 0. The lowest BCUT2D eigenvalue weighted by Gasteiger charge is -2.25. The number of fused-ring (bicyclic) bond motifs is 6. The molecule has 57 heavy (non-hydrogen) atoms. The van der Waals surface area contributed by atoms with E-state index in [2.05, 4.69) is 195 Å². The van der Waals surface area contributed by atoms with Crippen LogP contribution in [0, 0.1) is 0 Å². The molecule has 0 aliphatic heterocycles. The second-order valence-electron chi connectivity index (χ2n) is 14.3. The van der Waals surface area contributed by atoms with Gasteiger partial charge in [-0.05, 0) is 107 Å². The molecule has 0 saturated carbocycles. The fraction of sp³-hybridized carbons (Fsp3) is 0. The summed E-state index contributed by atoms with van der Waals surface area (Å²) in [4.78, 5) is 11.6. The maximum Gasteiger partial charge on any atom is 0.180 e. The average molecular weight is 731 g/mol. The van der Waals surface area contributed by atoms with Crippen molar-refractivity contribution in [1.29, 1.82) is 0 Å². The number of benzene rings is 8. The summed E-state index contributed by atoms with van der Waals surface area (Å²) in [6.07, 6.45) is 1.63. The molecule has 0 atom stereocenters. The van der Waals surface area contributed by atoms with Gasteiger partial charge in [0.1, 0.15) is 23.1 Å². The molecule has 8 aromatic carbocycles. The molecule has 11 rings (SSSR count). The Hall–Kier alpha value is -7.76. The predicted molar refractivity (Wildman–Crippen MR) is 235 cm³/mol. The van der Waals surface area contributed by atoms with Gasteiger partial charge in [-0.2, -0.15) is 0 Å². The first-order chi connectivity index (χ1) is 28.3. The van der Waals surface area contributed by atoms with Gasteiger partial charge in [-0.1, -0.05) is 115 Å². The molecule has 11 aromatic rings. The summed E-state index contributed by atoms with van der Waals surface area (Å²) in [5, 5.41) is 3.41. The highest BCUT2D eigenvalue weighted by molar-refractivity contribution is 6.11. The summed E-state index contributed by atoms with van der Waals surface area (Å²) < 4.78 is 8.67. The predicted octanol–water partition coefficient (Wildman–Crippen LogP) is 13.9. The van der Waals surface area contributed by atoms with Crippen LogP contribution in [0.5, 0.6) is 0 Å². The number of para-hydroxylation sites is 4. The van der Waals surface area contributed by atoms with Crippen molar-refractivity contribution in [3.05, 3.63) is 207 Å². The number of furan rings is 1. The Bertz CT molecular complexity index is 3220. The van der Waals surface area contributed by atoms with Gasteiger partial charge in [-0.3, -0.25) is 0 Å². The van der Waals surface area contributed by atoms with Crippen molar-refractivity contribution in [1.82, 2.24) is 14.5 Å². The largest absolute Gasteiger partial charge is 0.452 e. The number of nitrogens with zero attached hydrogens (tertiary/aromatic N) is 4. The Balaban J connectivity index is 0.982. The van der Waals surface area contributed by atoms with Crippen molar-refractivity contribution in [2.45, 2.75) is 0 Å². The lowest BCUT2D eigenvalue weighted by molar-refractivity contribution is 0.667. The Labute approximate surface area is 329 Å². The standard InChI is InChI=1S/C52H34N4O/c1-3-19-40(20-4-1)55(41-21-5-2-6-22-41)43-28-29-48-46(33-43)44-24-7-9-26-47(44)56(48)42-23-13-17-38(32-42)36-15-11-14-35(30-36)37-16-12-18-39(31-37)50-52-51(54-34-53-50)45-25-8-10-27-49(45)57-52/h1-34H. The molecule has 0 aliphatic rings. The summed E-state index contributed by atoms with van der Waals surface area (Å²) in [5.41, 5.74) is 15.4. The third kappa shape index (κ3) is 5.64. The fourth-order valence-electron chi connectivity index (χ4n) is 8.26. The monoisotopic (exact) mass is 730 g/mol. The van der Waals surface area contributed by atoms with Gasteiger partial charge in [0.2, 0.25) is 0 Å². The zero-order valence-electron chi connectivity index (χ0n) is 30.8. The van der Waals surface area contributed by atoms with Crippen LogP contribution in [-0.2, 0) is 0 Å². The minimum atomic E-state index is 0.701. The fourth-order valence-corrected chi connectivity index (χ4v) is 8.26. The Kier molecular flexibility index (Phi) is 7.74. The SMILES string of the molecule is c1ccc(N(c2ccccc2)c2ccc3c(c2)c2ccccc2n3-c2cccc(-c3cccc(-c4cccc(-c5ncnc6c5oc5ccccc56)c4)c3)c2)cc1. The van der Waals surface area contributed by atoms with E-state index in [0.29, 0.717) is 5.58 Å². The zero-order valence-corrected chi connectivity index (χ0v) is 30.8. The van der Waals surface area contributed by atoms with Crippen LogP contribution in [0.3, 0.4) is 0 Å². The van der Waals surface area contributed by atoms with Crippen LogP contribution < -0.4 is 4.90 Å². The lowest BCUT2D eigenvalue weighted by atomic mass is 9.97. The normalized spacial score (nSPS) is 11.5. The van der Waals surface area contributed by atoms with E-state index in [9.17, 15) is 0 Å². The van der Waals surface area contributed by atoms with E-state index >= 15 is 0 Å². The van der Waals surface area contributed by atoms with Gasteiger partial charge >= 0.3 is 0 Å². The molecule has 0 amide bonds. The summed E-state index contributed by atoms with van der Waals surface area (Å²) in [6.45, 7) is 0. The van der Waals surface area contributed by atoms with Gasteiger partial charge in [0.15, 0.2) is 5.58 Å². The number of aromatic nitrogens is 3. The molecule has 0 fully saturated rings. The van der Waals surface area contributed by atoms with Gasteiger partial charge in [0.25, 0.3) is 0 Å². The molecule has 5 nitrogen and oxygen atoms in total. The van der Waals surface area contributed by atoms with E-state index in [-0.39, 0.29) is 0 Å². The summed E-state index contributed by atoms with van der Waals surface area (Å²) in [5.74, 6) is 0. The first-order valence-electron chi connectivity index (χ1n) is 19.1. The van der Waals surface area contributed by atoms with E-state index in [1.54, 1.807) is 6.33 Å². The van der Waals surface area contributed by atoms with Crippen LogP contribution in [-0.4, -0.2) is 14.5 Å². The Morgan fingerprint density at radius 1 is 0.404 bits per heavy atom. The number of rotatable bonds is 7. The first kappa shape index (κ1) is 32.7. The van der Waals surface area contributed by atoms with Crippen LogP contribution in [0.25, 0.3) is 83.1 Å².